The van der Waals surface area contributed by atoms with E-state index in [9.17, 15) is 0 Å². The van der Waals surface area contributed by atoms with Crippen LogP contribution in [0.5, 0.6) is 5.88 Å². The maximum atomic E-state index is 6.03. The Bertz CT molecular complexity index is 736. The Balaban J connectivity index is 2.23. The van der Waals surface area contributed by atoms with Gasteiger partial charge in [-0.2, -0.15) is 4.98 Å². The molecule has 2 rings (SSSR count). The Labute approximate surface area is 169 Å². The predicted molar refractivity (Wildman–Crippen MR) is 114 cm³/mol. The van der Waals surface area contributed by atoms with E-state index in [0.29, 0.717) is 11.0 Å². The average molecular weight is 410 g/mol. The summed E-state index contributed by atoms with van der Waals surface area (Å²) in [6, 6.07) is 9.70. The molecule has 0 bridgehead atoms. The van der Waals surface area contributed by atoms with Gasteiger partial charge in [0.05, 0.1) is 12.8 Å². The minimum Gasteiger partial charge on any atom is -0.481 e. The molecule has 0 N–H and O–H groups in total. The van der Waals surface area contributed by atoms with Crippen LogP contribution in [0.25, 0.3) is 0 Å². The number of halogens is 1. The number of thioether (sulfide) groups is 1. The first kappa shape index (κ1) is 21.1. The van der Waals surface area contributed by atoms with Gasteiger partial charge >= 0.3 is 0 Å². The lowest BCUT2D eigenvalue weighted by Crippen LogP contribution is -2.09. The van der Waals surface area contributed by atoms with Crippen molar-refractivity contribution in [2.24, 2.45) is 4.40 Å². The second kappa shape index (κ2) is 9.62. The van der Waals surface area contributed by atoms with Crippen LogP contribution in [-0.4, -0.2) is 33.8 Å². The number of aryl methyl sites for hydroxylation is 1. The standard InChI is InChI=1S/C19H24ClN3OS2/c1-19(2,3)26-23-16(13-6-8-14(20)9-7-13)11-10-15-12-17(24-4)22-18(21-15)25-5/h6-9,12H,10-11H2,1-5H3/b23-16-. The molecule has 4 nitrogen and oxygen atoms in total. The molecule has 0 saturated heterocycles. The third kappa shape index (κ3) is 6.82. The largest absolute Gasteiger partial charge is 0.481 e. The Morgan fingerprint density at radius 3 is 2.46 bits per heavy atom. The van der Waals surface area contributed by atoms with Crippen LogP contribution in [0.2, 0.25) is 5.02 Å². The van der Waals surface area contributed by atoms with Crippen LogP contribution < -0.4 is 4.74 Å². The van der Waals surface area contributed by atoms with Gasteiger partial charge in [0.25, 0.3) is 0 Å². The highest BCUT2D eigenvalue weighted by Gasteiger charge is 2.13. The van der Waals surface area contributed by atoms with E-state index in [1.54, 1.807) is 19.1 Å². The van der Waals surface area contributed by atoms with Gasteiger partial charge in [-0.1, -0.05) is 35.5 Å². The molecule has 140 valence electrons. The SMILES string of the molecule is COc1cc(CC/C(=N/SC(C)(C)C)c2ccc(Cl)cc2)nc(SC)n1. The number of rotatable bonds is 7. The van der Waals surface area contributed by atoms with E-state index < -0.39 is 0 Å². The zero-order valence-electron chi connectivity index (χ0n) is 15.7. The first-order valence-electron chi connectivity index (χ1n) is 8.27. The molecular formula is C19H24ClN3OS2. The van der Waals surface area contributed by atoms with Gasteiger partial charge in [0, 0.05) is 21.5 Å². The molecule has 0 atom stereocenters. The minimum atomic E-state index is 0.0574. The molecule has 1 aromatic heterocycles. The molecule has 0 fully saturated rings. The van der Waals surface area contributed by atoms with Crippen molar-refractivity contribution in [3.63, 3.8) is 0 Å². The quantitative estimate of drug-likeness (QED) is 0.253. The molecule has 26 heavy (non-hydrogen) atoms. The summed E-state index contributed by atoms with van der Waals surface area (Å²) in [5, 5.41) is 1.44. The van der Waals surface area contributed by atoms with Crippen LogP contribution in [0.3, 0.4) is 0 Å². The van der Waals surface area contributed by atoms with Crippen molar-refractivity contribution in [1.82, 2.24) is 9.97 Å². The molecule has 0 aliphatic rings. The number of aromatic nitrogens is 2. The van der Waals surface area contributed by atoms with Gasteiger partial charge in [-0.3, -0.25) is 0 Å². The van der Waals surface area contributed by atoms with E-state index in [4.69, 9.17) is 20.7 Å². The summed E-state index contributed by atoms with van der Waals surface area (Å²) < 4.78 is 10.1. The highest BCUT2D eigenvalue weighted by Crippen LogP contribution is 2.26. The third-order valence-electron chi connectivity index (χ3n) is 3.35. The molecule has 1 heterocycles. The van der Waals surface area contributed by atoms with Gasteiger partial charge in [-0.15, -0.1) is 0 Å². The van der Waals surface area contributed by atoms with Crippen LogP contribution in [0.1, 0.15) is 38.4 Å². The van der Waals surface area contributed by atoms with E-state index in [-0.39, 0.29) is 4.75 Å². The number of nitrogens with zero attached hydrogens (tertiary/aromatic N) is 3. The Hall–Kier alpha value is -1.24. The lowest BCUT2D eigenvalue weighted by molar-refractivity contribution is 0.391. The second-order valence-electron chi connectivity index (χ2n) is 6.64. The number of methoxy groups -OCH3 is 1. The lowest BCUT2D eigenvalue weighted by atomic mass is 10.0. The lowest BCUT2D eigenvalue weighted by Gasteiger charge is -2.15. The zero-order chi connectivity index (χ0) is 19.2. The van der Waals surface area contributed by atoms with E-state index >= 15 is 0 Å². The molecule has 0 spiro atoms. The monoisotopic (exact) mass is 409 g/mol. The van der Waals surface area contributed by atoms with E-state index in [2.05, 4.69) is 30.7 Å². The zero-order valence-corrected chi connectivity index (χ0v) is 18.1. The van der Waals surface area contributed by atoms with Crippen molar-refractivity contribution in [1.29, 1.82) is 0 Å². The molecule has 1 aromatic carbocycles. The fraction of sp³-hybridized carbons (Fsp3) is 0.421. The van der Waals surface area contributed by atoms with Gasteiger partial charge in [0.2, 0.25) is 5.88 Å². The van der Waals surface area contributed by atoms with Crippen molar-refractivity contribution in [2.45, 2.75) is 43.5 Å². The first-order chi connectivity index (χ1) is 12.3. The van der Waals surface area contributed by atoms with Crippen LogP contribution in [0, 0.1) is 0 Å². The maximum Gasteiger partial charge on any atom is 0.217 e. The fourth-order valence-corrected chi connectivity index (χ4v) is 3.19. The fourth-order valence-electron chi connectivity index (χ4n) is 2.10. The summed E-state index contributed by atoms with van der Waals surface area (Å²) in [4.78, 5) is 8.89. The van der Waals surface area contributed by atoms with Crippen molar-refractivity contribution >= 4 is 41.0 Å². The number of hydrogen-bond acceptors (Lipinski definition) is 6. The smallest absolute Gasteiger partial charge is 0.217 e. The summed E-state index contributed by atoms with van der Waals surface area (Å²) in [5.74, 6) is 0.591. The summed E-state index contributed by atoms with van der Waals surface area (Å²) in [7, 11) is 1.62. The van der Waals surface area contributed by atoms with Gasteiger partial charge in [-0.25, -0.2) is 9.38 Å². The molecular weight excluding hydrogens is 386 g/mol. The first-order valence-corrected chi connectivity index (χ1v) is 10.7. The van der Waals surface area contributed by atoms with Crippen LogP contribution in [0.4, 0.5) is 0 Å². The topological polar surface area (TPSA) is 47.4 Å². The number of ether oxygens (including phenoxy) is 1. The Morgan fingerprint density at radius 2 is 1.88 bits per heavy atom. The molecule has 2 aromatic rings. The van der Waals surface area contributed by atoms with Gasteiger partial charge in [-0.05, 0) is 69.5 Å². The molecule has 0 aliphatic carbocycles. The highest BCUT2D eigenvalue weighted by molar-refractivity contribution is 7.99. The van der Waals surface area contributed by atoms with Crippen molar-refractivity contribution in [3.05, 3.63) is 46.6 Å². The normalized spacial score (nSPS) is 12.3. The summed E-state index contributed by atoms with van der Waals surface area (Å²) in [6.07, 6.45) is 3.50. The molecule has 0 aliphatic heterocycles. The van der Waals surface area contributed by atoms with Crippen LogP contribution in [0.15, 0.2) is 39.9 Å². The minimum absolute atomic E-state index is 0.0574. The predicted octanol–water partition coefficient (Wildman–Crippen LogP) is 5.73. The Morgan fingerprint density at radius 1 is 1.19 bits per heavy atom. The second-order valence-corrected chi connectivity index (χ2v) is 9.44. The van der Waals surface area contributed by atoms with Crippen molar-refractivity contribution < 1.29 is 4.74 Å². The third-order valence-corrected chi connectivity index (χ3v) is 5.01. The maximum absolute atomic E-state index is 6.03. The molecule has 0 saturated carbocycles. The molecule has 7 heteroatoms. The average Bonchev–Trinajstić information content (AvgIpc) is 2.61. The number of hydrogen-bond donors (Lipinski definition) is 0. The van der Waals surface area contributed by atoms with E-state index in [0.717, 1.165) is 34.8 Å². The summed E-state index contributed by atoms with van der Waals surface area (Å²) in [6.45, 7) is 6.46. The van der Waals surface area contributed by atoms with Gasteiger partial charge < -0.3 is 4.74 Å². The highest BCUT2D eigenvalue weighted by atomic mass is 35.5. The Kier molecular flexibility index (Phi) is 7.80. The van der Waals surface area contributed by atoms with Gasteiger partial charge in [0.15, 0.2) is 5.16 Å². The van der Waals surface area contributed by atoms with Crippen molar-refractivity contribution in [2.75, 3.05) is 13.4 Å². The van der Waals surface area contributed by atoms with Crippen LogP contribution >= 0.6 is 35.3 Å². The van der Waals surface area contributed by atoms with Gasteiger partial charge in [0.1, 0.15) is 0 Å². The molecule has 0 amide bonds. The summed E-state index contributed by atoms with van der Waals surface area (Å²) in [5.41, 5.74) is 3.06. The molecule has 0 radical (unpaired) electrons. The van der Waals surface area contributed by atoms with Crippen molar-refractivity contribution in [3.8, 4) is 5.88 Å². The van der Waals surface area contributed by atoms with Crippen LogP contribution in [-0.2, 0) is 6.42 Å². The molecule has 0 unspecified atom stereocenters. The summed E-state index contributed by atoms with van der Waals surface area (Å²) >= 11 is 9.12. The number of benzene rings is 1. The van der Waals surface area contributed by atoms with E-state index in [1.165, 1.54) is 11.8 Å². The van der Waals surface area contributed by atoms with E-state index in [1.807, 2.05) is 36.6 Å².